The van der Waals surface area contributed by atoms with E-state index >= 15 is 0 Å². The molecule has 3 rings (SSSR count). The molecule has 2 aromatic carbocycles. The van der Waals surface area contributed by atoms with Gasteiger partial charge in [-0.05, 0) is 48.7 Å². The van der Waals surface area contributed by atoms with Crippen molar-refractivity contribution in [2.75, 3.05) is 19.0 Å². The molecule has 1 N–H and O–H groups in total. The lowest BCUT2D eigenvalue weighted by molar-refractivity contribution is -0.117. The lowest BCUT2D eigenvalue weighted by Crippen LogP contribution is -2.34. The van der Waals surface area contributed by atoms with Gasteiger partial charge in [-0.15, -0.1) is 0 Å². The molecule has 0 saturated heterocycles. The Kier molecular flexibility index (Phi) is 5.63. The summed E-state index contributed by atoms with van der Waals surface area (Å²) in [7, 11) is 1.32. The largest absolute Gasteiger partial charge is 0.465 e. The molecule has 1 aliphatic rings. The summed E-state index contributed by atoms with van der Waals surface area (Å²) in [6, 6.07) is 13.4. The SMILES string of the molecule is COC(=O)c1cccc(NC(=O)CN(Cc2ccc(F)cc2)C2CC2)c1. The van der Waals surface area contributed by atoms with Crippen LogP contribution in [0.5, 0.6) is 0 Å². The molecular weight excluding hydrogens is 335 g/mol. The first-order valence-electron chi connectivity index (χ1n) is 8.52. The van der Waals surface area contributed by atoms with Crippen LogP contribution in [0.2, 0.25) is 0 Å². The highest BCUT2D eigenvalue weighted by Crippen LogP contribution is 2.28. The van der Waals surface area contributed by atoms with Crippen LogP contribution in [0.3, 0.4) is 0 Å². The van der Waals surface area contributed by atoms with Gasteiger partial charge in [0.15, 0.2) is 0 Å². The van der Waals surface area contributed by atoms with Gasteiger partial charge in [0.2, 0.25) is 5.91 Å². The van der Waals surface area contributed by atoms with E-state index in [2.05, 4.69) is 15.0 Å². The van der Waals surface area contributed by atoms with E-state index in [0.29, 0.717) is 23.8 Å². The van der Waals surface area contributed by atoms with Crippen LogP contribution in [0.4, 0.5) is 10.1 Å². The van der Waals surface area contributed by atoms with E-state index in [-0.39, 0.29) is 18.3 Å². The van der Waals surface area contributed by atoms with Gasteiger partial charge < -0.3 is 10.1 Å². The Morgan fingerprint density at radius 1 is 1.19 bits per heavy atom. The lowest BCUT2D eigenvalue weighted by atomic mass is 10.2. The maximum Gasteiger partial charge on any atom is 0.337 e. The maximum absolute atomic E-state index is 13.1. The number of carbonyl (C=O) groups is 2. The molecule has 26 heavy (non-hydrogen) atoms. The van der Waals surface area contributed by atoms with Gasteiger partial charge in [-0.25, -0.2) is 9.18 Å². The number of hydrogen-bond acceptors (Lipinski definition) is 4. The first-order valence-corrected chi connectivity index (χ1v) is 8.52. The highest BCUT2D eigenvalue weighted by molar-refractivity contribution is 5.95. The Morgan fingerprint density at radius 2 is 1.92 bits per heavy atom. The number of halogens is 1. The number of nitrogens with zero attached hydrogens (tertiary/aromatic N) is 1. The second kappa shape index (κ2) is 8.10. The predicted molar refractivity (Wildman–Crippen MR) is 96.2 cm³/mol. The van der Waals surface area contributed by atoms with Crippen molar-refractivity contribution in [2.24, 2.45) is 0 Å². The lowest BCUT2D eigenvalue weighted by Gasteiger charge is -2.21. The second-order valence-corrected chi connectivity index (χ2v) is 6.38. The van der Waals surface area contributed by atoms with Gasteiger partial charge in [-0.2, -0.15) is 0 Å². The van der Waals surface area contributed by atoms with Crippen molar-refractivity contribution in [3.8, 4) is 0 Å². The quantitative estimate of drug-likeness (QED) is 0.774. The van der Waals surface area contributed by atoms with Crippen LogP contribution in [-0.4, -0.2) is 36.5 Å². The van der Waals surface area contributed by atoms with Crippen molar-refractivity contribution in [3.05, 3.63) is 65.5 Å². The molecule has 0 radical (unpaired) electrons. The van der Waals surface area contributed by atoms with Crippen LogP contribution in [0.1, 0.15) is 28.8 Å². The van der Waals surface area contributed by atoms with E-state index < -0.39 is 5.97 Å². The number of amides is 1. The third-order valence-electron chi connectivity index (χ3n) is 4.28. The number of ether oxygens (including phenoxy) is 1. The van der Waals surface area contributed by atoms with E-state index in [0.717, 1.165) is 18.4 Å². The molecule has 2 aromatic rings. The summed E-state index contributed by atoms with van der Waals surface area (Å²) in [5, 5.41) is 2.82. The first-order chi connectivity index (χ1) is 12.5. The molecular formula is C20H21FN2O3. The Labute approximate surface area is 151 Å². The predicted octanol–water partition coefficient (Wildman–Crippen LogP) is 3.22. The Morgan fingerprint density at radius 3 is 2.58 bits per heavy atom. The number of carbonyl (C=O) groups excluding carboxylic acids is 2. The van der Waals surface area contributed by atoms with Crippen LogP contribution in [-0.2, 0) is 16.1 Å². The molecule has 6 heteroatoms. The van der Waals surface area contributed by atoms with Gasteiger partial charge in [0.25, 0.3) is 0 Å². The smallest absolute Gasteiger partial charge is 0.337 e. The first kappa shape index (κ1) is 18.1. The molecule has 0 atom stereocenters. The van der Waals surface area contributed by atoms with Crippen molar-refractivity contribution in [1.29, 1.82) is 0 Å². The molecule has 0 aliphatic heterocycles. The van der Waals surface area contributed by atoms with Crippen LogP contribution < -0.4 is 5.32 Å². The number of methoxy groups -OCH3 is 1. The molecule has 1 aliphatic carbocycles. The van der Waals surface area contributed by atoms with Gasteiger partial charge in [-0.1, -0.05) is 18.2 Å². The van der Waals surface area contributed by atoms with Crippen molar-refractivity contribution in [3.63, 3.8) is 0 Å². The summed E-state index contributed by atoms with van der Waals surface area (Å²) in [6.45, 7) is 0.838. The Bertz CT molecular complexity index is 788. The summed E-state index contributed by atoms with van der Waals surface area (Å²) in [6.07, 6.45) is 2.12. The van der Waals surface area contributed by atoms with Gasteiger partial charge >= 0.3 is 5.97 Å². The van der Waals surface area contributed by atoms with E-state index in [1.807, 2.05) is 0 Å². The average Bonchev–Trinajstić information content (AvgIpc) is 3.47. The van der Waals surface area contributed by atoms with Gasteiger partial charge in [0.05, 0.1) is 19.2 Å². The summed E-state index contributed by atoms with van der Waals surface area (Å²) < 4.78 is 17.7. The molecule has 0 heterocycles. The summed E-state index contributed by atoms with van der Waals surface area (Å²) in [5.41, 5.74) is 1.91. The third kappa shape index (κ3) is 4.89. The molecule has 5 nitrogen and oxygen atoms in total. The minimum atomic E-state index is -0.447. The van der Waals surface area contributed by atoms with Gasteiger partial charge in [0, 0.05) is 18.3 Å². The zero-order chi connectivity index (χ0) is 18.5. The highest BCUT2D eigenvalue weighted by atomic mass is 19.1. The number of anilines is 1. The minimum absolute atomic E-state index is 0.152. The fourth-order valence-electron chi connectivity index (χ4n) is 2.80. The normalized spacial score (nSPS) is 13.5. The fraction of sp³-hybridized carbons (Fsp3) is 0.300. The molecule has 0 aromatic heterocycles. The zero-order valence-corrected chi connectivity index (χ0v) is 14.6. The molecule has 1 fully saturated rings. The van der Waals surface area contributed by atoms with E-state index in [1.54, 1.807) is 36.4 Å². The molecule has 1 amide bonds. The maximum atomic E-state index is 13.1. The topological polar surface area (TPSA) is 58.6 Å². The van der Waals surface area contributed by atoms with Crippen LogP contribution in [0.25, 0.3) is 0 Å². The average molecular weight is 356 g/mol. The number of rotatable bonds is 7. The second-order valence-electron chi connectivity index (χ2n) is 6.38. The molecule has 136 valence electrons. The van der Waals surface area contributed by atoms with Gasteiger partial charge in [-0.3, -0.25) is 9.69 Å². The summed E-state index contributed by atoms with van der Waals surface area (Å²) >= 11 is 0. The number of hydrogen-bond donors (Lipinski definition) is 1. The van der Waals surface area contributed by atoms with Gasteiger partial charge in [0.1, 0.15) is 5.82 Å². The molecule has 0 bridgehead atoms. The summed E-state index contributed by atoms with van der Waals surface area (Å²) in [4.78, 5) is 26.1. The van der Waals surface area contributed by atoms with Crippen LogP contribution in [0.15, 0.2) is 48.5 Å². The number of benzene rings is 2. The molecule has 1 saturated carbocycles. The van der Waals surface area contributed by atoms with Crippen LogP contribution >= 0.6 is 0 Å². The van der Waals surface area contributed by atoms with Crippen molar-refractivity contribution >= 4 is 17.6 Å². The standard InChI is InChI=1S/C20H21FN2O3/c1-26-20(25)15-3-2-4-17(11-15)22-19(24)13-23(18-9-10-18)12-14-5-7-16(21)8-6-14/h2-8,11,18H,9-10,12-13H2,1H3,(H,22,24). The third-order valence-corrected chi connectivity index (χ3v) is 4.28. The van der Waals surface area contributed by atoms with E-state index in [4.69, 9.17) is 0 Å². The van der Waals surface area contributed by atoms with E-state index in [1.165, 1.54) is 19.2 Å². The van der Waals surface area contributed by atoms with Crippen molar-refractivity contribution < 1.29 is 18.7 Å². The van der Waals surface area contributed by atoms with Crippen molar-refractivity contribution in [2.45, 2.75) is 25.4 Å². The minimum Gasteiger partial charge on any atom is -0.465 e. The molecule has 0 spiro atoms. The Balaban J connectivity index is 1.61. The monoisotopic (exact) mass is 356 g/mol. The number of esters is 1. The van der Waals surface area contributed by atoms with Crippen molar-refractivity contribution in [1.82, 2.24) is 4.90 Å². The zero-order valence-electron chi connectivity index (χ0n) is 14.6. The fourth-order valence-corrected chi connectivity index (χ4v) is 2.80. The number of nitrogens with one attached hydrogen (secondary N) is 1. The Hall–Kier alpha value is -2.73. The highest BCUT2D eigenvalue weighted by Gasteiger charge is 2.30. The summed E-state index contributed by atoms with van der Waals surface area (Å²) in [5.74, 6) is -0.868. The molecule has 0 unspecified atom stereocenters. The van der Waals surface area contributed by atoms with E-state index in [9.17, 15) is 14.0 Å². The van der Waals surface area contributed by atoms with Crippen LogP contribution in [0, 0.1) is 5.82 Å².